The number of rotatable bonds is 8. The molecule has 0 bridgehead atoms. The molecule has 0 saturated heterocycles. The topological polar surface area (TPSA) is 30.5 Å². The Hall–Kier alpha value is -2.44. The average molecular weight is 413 g/mol. The molecule has 28 heavy (non-hydrogen) atoms. The van der Waals surface area contributed by atoms with E-state index in [1.165, 1.54) is 0 Å². The summed E-state index contributed by atoms with van der Waals surface area (Å²) in [7, 11) is 0. The predicted molar refractivity (Wildman–Crippen MR) is 129 cm³/mol. The van der Waals surface area contributed by atoms with Gasteiger partial charge in [0.25, 0.3) is 0 Å². The number of anilines is 2. The highest BCUT2D eigenvalue weighted by Crippen LogP contribution is 2.08. The molecule has 0 saturated carbocycles. The van der Waals surface area contributed by atoms with E-state index in [0.29, 0.717) is 0 Å². The maximum Gasteiger partial charge on any atom is 0.173 e. The zero-order valence-electron chi connectivity index (χ0n) is 16.5. The van der Waals surface area contributed by atoms with Gasteiger partial charge < -0.3 is 20.4 Å². The molecular weight excluding hydrogens is 384 g/mol. The summed E-state index contributed by atoms with van der Waals surface area (Å²) in [5, 5.41) is 8.02. The molecule has 0 heterocycles. The molecular formula is C22H28N4S2. The van der Waals surface area contributed by atoms with E-state index in [-0.39, 0.29) is 0 Å². The van der Waals surface area contributed by atoms with Gasteiger partial charge in [-0.3, -0.25) is 0 Å². The summed E-state index contributed by atoms with van der Waals surface area (Å²) >= 11 is 11.1. The number of hydrogen-bond acceptors (Lipinski definition) is 2. The maximum atomic E-state index is 5.53. The van der Waals surface area contributed by atoms with Crippen molar-refractivity contribution in [2.24, 2.45) is 0 Å². The molecule has 0 unspecified atom stereocenters. The van der Waals surface area contributed by atoms with E-state index >= 15 is 0 Å². The van der Waals surface area contributed by atoms with Crippen molar-refractivity contribution >= 4 is 46.0 Å². The number of benzene rings is 2. The summed E-state index contributed by atoms with van der Waals surface area (Å²) < 4.78 is 0. The lowest BCUT2D eigenvalue weighted by molar-refractivity contribution is 0.483. The Kier molecular flexibility index (Phi) is 9.45. The van der Waals surface area contributed by atoms with E-state index in [4.69, 9.17) is 24.4 Å². The Balaban J connectivity index is 1.82. The van der Waals surface area contributed by atoms with E-state index in [0.717, 1.165) is 47.8 Å². The standard InChI is InChI=1S/C22H28N4S2/c1-3-25(21(27)23-19-13-7-5-8-14-19)17-11-12-18-26(4-2)22(28)24-20-15-9-6-10-16-20/h5-16H,3-4,17-18H2,1-2H3,(H,23,27)(H,24,28)/b12-11-. The fourth-order valence-corrected chi connectivity index (χ4v) is 3.21. The summed E-state index contributed by atoms with van der Waals surface area (Å²) in [6.45, 7) is 7.40. The fourth-order valence-electron chi connectivity index (χ4n) is 2.56. The van der Waals surface area contributed by atoms with Crippen molar-refractivity contribution in [1.29, 1.82) is 0 Å². The molecule has 0 fully saturated rings. The van der Waals surface area contributed by atoms with Gasteiger partial charge in [0, 0.05) is 37.6 Å². The minimum atomic E-state index is 0.729. The van der Waals surface area contributed by atoms with Gasteiger partial charge in [-0.15, -0.1) is 0 Å². The molecule has 0 aliphatic rings. The second kappa shape index (κ2) is 12.1. The molecule has 0 aliphatic carbocycles. The zero-order chi connectivity index (χ0) is 20.2. The van der Waals surface area contributed by atoms with Crippen LogP contribution in [0.3, 0.4) is 0 Å². The molecule has 2 aromatic rings. The lowest BCUT2D eigenvalue weighted by Crippen LogP contribution is -2.35. The van der Waals surface area contributed by atoms with Crippen LogP contribution in [0.15, 0.2) is 72.8 Å². The highest BCUT2D eigenvalue weighted by molar-refractivity contribution is 7.80. The van der Waals surface area contributed by atoms with Gasteiger partial charge in [-0.25, -0.2) is 0 Å². The summed E-state index contributed by atoms with van der Waals surface area (Å²) in [6, 6.07) is 20.0. The van der Waals surface area contributed by atoms with Crippen molar-refractivity contribution in [1.82, 2.24) is 9.80 Å². The molecule has 6 heteroatoms. The predicted octanol–water partition coefficient (Wildman–Crippen LogP) is 4.98. The molecule has 2 aromatic carbocycles. The first-order valence-corrected chi connectivity index (χ1v) is 10.3. The fraction of sp³-hybridized carbons (Fsp3) is 0.273. The van der Waals surface area contributed by atoms with Gasteiger partial charge in [-0.2, -0.15) is 0 Å². The van der Waals surface area contributed by atoms with E-state index < -0.39 is 0 Å². The highest BCUT2D eigenvalue weighted by Gasteiger charge is 2.07. The maximum absolute atomic E-state index is 5.53. The van der Waals surface area contributed by atoms with Crippen LogP contribution in [-0.4, -0.2) is 46.2 Å². The smallest absolute Gasteiger partial charge is 0.173 e. The number of para-hydroxylation sites is 2. The Bertz CT molecular complexity index is 697. The van der Waals surface area contributed by atoms with Gasteiger partial charge in [0.1, 0.15) is 0 Å². The van der Waals surface area contributed by atoms with Gasteiger partial charge in [0.2, 0.25) is 0 Å². The van der Waals surface area contributed by atoms with Crippen molar-refractivity contribution in [2.45, 2.75) is 13.8 Å². The summed E-state index contributed by atoms with van der Waals surface area (Å²) in [6.07, 6.45) is 4.27. The monoisotopic (exact) mass is 412 g/mol. The number of likely N-dealkylation sites (N-methyl/N-ethyl adjacent to an activating group) is 2. The van der Waals surface area contributed by atoms with Crippen molar-refractivity contribution in [3.63, 3.8) is 0 Å². The quantitative estimate of drug-likeness (QED) is 0.470. The van der Waals surface area contributed by atoms with Gasteiger partial charge >= 0.3 is 0 Å². The van der Waals surface area contributed by atoms with Crippen LogP contribution in [0.1, 0.15) is 13.8 Å². The first kappa shape index (κ1) is 21.9. The van der Waals surface area contributed by atoms with Crippen LogP contribution < -0.4 is 10.6 Å². The van der Waals surface area contributed by atoms with Crippen LogP contribution in [0.25, 0.3) is 0 Å². The van der Waals surface area contributed by atoms with E-state index in [2.05, 4.69) is 46.4 Å². The van der Waals surface area contributed by atoms with Crippen LogP contribution in [0.4, 0.5) is 11.4 Å². The minimum Gasteiger partial charge on any atom is -0.346 e. The lowest BCUT2D eigenvalue weighted by Gasteiger charge is -2.24. The Morgan fingerprint density at radius 2 is 1.07 bits per heavy atom. The van der Waals surface area contributed by atoms with Crippen molar-refractivity contribution < 1.29 is 0 Å². The Morgan fingerprint density at radius 3 is 1.39 bits per heavy atom. The second-order valence-electron chi connectivity index (χ2n) is 6.14. The van der Waals surface area contributed by atoms with Crippen molar-refractivity contribution in [3.8, 4) is 0 Å². The highest BCUT2D eigenvalue weighted by atomic mass is 32.1. The summed E-state index contributed by atoms with van der Waals surface area (Å²) in [5.41, 5.74) is 2.01. The molecule has 0 spiro atoms. The Morgan fingerprint density at radius 1 is 0.714 bits per heavy atom. The van der Waals surface area contributed by atoms with E-state index in [1.54, 1.807) is 0 Å². The first-order chi connectivity index (χ1) is 13.6. The Labute approximate surface area is 179 Å². The summed E-state index contributed by atoms with van der Waals surface area (Å²) in [5.74, 6) is 0. The second-order valence-corrected chi connectivity index (χ2v) is 6.91. The molecule has 0 aromatic heterocycles. The van der Waals surface area contributed by atoms with Crippen LogP contribution in [0.2, 0.25) is 0 Å². The van der Waals surface area contributed by atoms with Crippen molar-refractivity contribution in [2.75, 3.05) is 36.8 Å². The van der Waals surface area contributed by atoms with Crippen LogP contribution in [0.5, 0.6) is 0 Å². The van der Waals surface area contributed by atoms with Crippen molar-refractivity contribution in [3.05, 3.63) is 72.8 Å². The average Bonchev–Trinajstić information content (AvgIpc) is 2.72. The molecule has 2 rings (SSSR count). The van der Waals surface area contributed by atoms with Gasteiger partial charge in [-0.1, -0.05) is 48.6 Å². The number of hydrogen-bond donors (Lipinski definition) is 2. The number of nitrogens with zero attached hydrogens (tertiary/aromatic N) is 2. The first-order valence-electron chi connectivity index (χ1n) is 9.51. The normalized spacial score (nSPS) is 10.5. The molecule has 2 N–H and O–H groups in total. The lowest BCUT2D eigenvalue weighted by atomic mass is 10.3. The third kappa shape index (κ3) is 7.29. The minimum absolute atomic E-state index is 0.729. The number of thiocarbonyl (C=S) groups is 2. The van der Waals surface area contributed by atoms with Crippen LogP contribution in [0, 0.1) is 0 Å². The van der Waals surface area contributed by atoms with E-state index in [9.17, 15) is 0 Å². The van der Waals surface area contributed by atoms with Gasteiger partial charge in [-0.05, 0) is 62.5 Å². The third-order valence-electron chi connectivity index (χ3n) is 4.21. The van der Waals surface area contributed by atoms with Crippen LogP contribution >= 0.6 is 24.4 Å². The molecule has 0 atom stereocenters. The molecule has 0 amide bonds. The van der Waals surface area contributed by atoms with Crippen LogP contribution in [-0.2, 0) is 0 Å². The van der Waals surface area contributed by atoms with Gasteiger partial charge in [0.05, 0.1) is 0 Å². The van der Waals surface area contributed by atoms with E-state index in [1.807, 2.05) is 60.7 Å². The molecule has 4 nitrogen and oxygen atoms in total. The third-order valence-corrected chi connectivity index (χ3v) is 4.93. The summed E-state index contributed by atoms with van der Waals surface area (Å²) in [4.78, 5) is 4.24. The molecule has 0 radical (unpaired) electrons. The molecule has 148 valence electrons. The largest absolute Gasteiger partial charge is 0.346 e. The molecule has 0 aliphatic heterocycles. The number of nitrogens with one attached hydrogen (secondary N) is 2. The van der Waals surface area contributed by atoms with Gasteiger partial charge in [0.15, 0.2) is 10.2 Å². The zero-order valence-corrected chi connectivity index (χ0v) is 18.1. The SMILES string of the molecule is CCN(C/C=C\CN(CC)C(=S)Nc1ccccc1)C(=S)Nc1ccccc1.